The Kier molecular flexibility index (Phi) is 9.76. The predicted octanol–water partition coefficient (Wildman–Crippen LogP) is 6.22. The highest BCUT2D eigenvalue weighted by molar-refractivity contribution is 9.10. The lowest BCUT2D eigenvalue weighted by Crippen LogP contribution is -2.32. The molecule has 0 radical (unpaired) electrons. The van der Waals surface area contributed by atoms with Crippen molar-refractivity contribution in [1.29, 1.82) is 0 Å². The molecule has 0 saturated carbocycles. The summed E-state index contributed by atoms with van der Waals surface area (Å²) in [5, 5.41) is 2.36. The number of hydrogen-bond donors (Lipinski definition) is 2. The molecule has 0 spiro atoms. The zero-order valence-corrected chi connectivity index (χ0v) is 25.9. The van der Waals surface area contributed by atoms with Gasteiger partial charge in [0.15, 0.2) is 5.15 Å². The number of ether oxygens (including phenoxy) is 1. The summed E-state index contributed by atoms with van der Waals surface area (Å²) in [6, 6.07) is 7.25. The van der Waals surface area contributed by atoms with Crippen molar-refractivity contribution in [2.75, 3.05) is 17.9 Å². The highest BCUT2D eigenvalue weighted by Crippen LogP contribution is 2.48. The maximum Gasteiger partial charge on any atom is 0.516 e. The third kappa shape index (κ3) is 6.68. The van der Waals surface area contributed by atoms with Crippen molar-refractivity contribution in [3.8, 4) is 22.3 Å². The van der Waals surface area contributed by atoms with Crippen LogP contribution in [-0.4, -0.2) is 48.5 Å². The Morgan fingerprint density at radius 3 is 2.53 bits per heavy atom. The number of imidazole rings is 1. The second kappa shape index (κ2) is 13.0. The Labute approximate surface area is 258 Å². The van der Waals surface area contributed by atoms with Gasteiger partial charge in [-0.25, -0.2) is 4.98 Å². The van der Waals surface area contributed by atoms with Crippen molar-refractivity contribution >= 4 is 55.1 Å². The number of benzene rings is 1. The fraction of sp³-hybridized carbons (Fsp3) is 0.296. The fourth-order valence-corrected chi connectivity index (χ4v) is 6.14. The minimum atomic E-state index is -5.75. The molecule has 2 aliphatic rings. The van der Waals surface area contributed by atoms with E-state index in [0.29, 0.717) is 45.4 Å². The SMILES string of the molecule is CCCc1nc(Cl)c(C(=O)NCC(=O)OCC)n1Cc1c2ccocc-2c(Br)c1-c1ccccc1NS(=O)(=O)C(F)(F)F. The second-order valence-corrected chi connectivity index (χ2v) is 12.0. The Bertz CT molecular complexity index is 1740. The van der Waals surface area contributed by atoms with Crippen LogP contribution >= 0.6 is 27.5 Å². The van der Waals surface area contributed by atoms with Gasteiger partial charge in [0.25, 0.3) is 5.91 Å². The van der Waals surface area contributed by atoms with Crippen LogP contribution in [0, 0.1) is 0 Å². The number of carbonyl (C=O) groups excluding carboxylic acids is 2. The van der Waals surface area contributed by atoms with Crippen molar-refractivity contribution in [2.24, 2.45) is 0 Å². The number of sulfonamides is 1. The van der Waals surface area contributed by atoms with Gasteiger partial charge in [0.2, 0.25) is 0 Å². The lowest BCUT2D eigenvalue weighted by atomic mass is 10.0. The number of rotatable bonds is 11. The maximum atomic E-state index is 13.3. The van der Waals surface area contributed by atoms with Gasteiger partial charge in [-0.15, -0.1) is 0 Å². The van der Waals surface area contributed by atoms with Gasteiger partial charge in [-0.3, -0.25) is 14.3 Å². The van der Waals surface area contributed by atoms with E-state index in [2.05, 4.69) is 26.2 Å². The quantitative estimate of drug-likeness (QED) is 0.177. The Balaban J connectivity index is 1.89. The highest BCUT2D eigenvalue weighted by atomic mass is 79.9. The molecule has 1 aliphatic heterocycles. The Morgan fingerprint density at radius 1 is 1.14 bits per heavy atom. The number of carbonyl (C=O) groups is 2. The zero-order valence-electron chi connectivity index (χ0n) is 22.7. The molecule has 0 unspecified atom stereocenters. The Morgan fingerprint density at radius 2 is 1.86 bits per heavy atom. The predicted molar refractivity (Wildman–Crippen MR) is 156 cm³/mol. The molecule has 1 aromatic heterocycles. The molecule has 0 bridgehead atoms. The number of amides is 1. The average molecular weight is 706 g/mol. The zero-order chi connectivity index (χ0) is 31.5. The van der Waals surface area contributed by atoms with Gasteiger partial charge in [-0.1, -0.05) is 36.7 Å². The van der Waals surface area contributed by atoms with Gasteiger partial charge in [0, 0.05) is 27.6 Å². The molecule has 1 amide bonds. The number of anilines is 1. The summed E-state index contributed by atoms with van der Waals surface area (Å²) >= 11 is 9.95. The number of esters is 1. The van der Waals surface area contributed by atoms with Crippen LogP contribution in [0.2, 0.25) is 5.15 Å². The highest BCUT2D eigenvalue weighted by Gasteiger charge is 2.46. The van der Waals surface area contributed by atoms with Crippen molar-refractivity contribution in [2.45, 2.75) is 38.7 Å². The van der Waals surface area contributed by atoms with E-state index in [0.717, 1.165) is 0 Å². The number of aryl methyl sites for hydroxylation is 1. The molecule has 43 heavy (non-hydrogen) atoms. The van der Waals surface area contributed by atoms with E-state index >= 15 is 0 Å². The first-order chi connectivity index (χ1) is 20.3. The van der Waals surface area contributed by atoms with Crippen LogP contribution in [-0.2, 0) is 32.5 Å². The summed E-state index contributed by atoms with van der Waals surface area (Å²) in [4.78, 5) is 29.5. The average Bonchev–Trinajstić information content (AvgIpc) is 3.40. The van der Waals surface area contributed by atoms with Crippen molar-refractivity contribution in [3.05, 3.63) is 69.6 Å². The molecule has 1 aromatic carbocycles. The summed E-state index contributed by atoms with van der Waals surface area (Å²) in [7, 11) is -5.75. The van der Waals surface area contributed by atoms with Crippen LogP contribution in [0.1, 0.15) is 42.1 Å². The number of hydrogen-bond acceptors (Lipinski definition) is 7. The topological polar surface area (TPSA) is 133 Å². The summed E-state index contributed by atoms with van der Waals surface area (Å²) in [6.45, 7) is 3.18. The lowest BCUT2D eigenvalue weighted by Gasteiger charge is -2.17. The molecule has 10 nitrogen and oxygen atoms in total. The van der Waals surface area contributed by atoms with E-state index in [1.54, 1.807) is 28.3 Å². The van der Waals surface area contributed by atoms with E-state index < -0.39 is 34.0 Å². The first-order valence-electron chi connectivity index (χ1n) is 12.8. The minimum Gasteiger partial charge on any atom is -0.472 e. The van der Waals surface area contributed by atoms with Crippen molar-refractivity contribution in [1.82, 2.24) is 14.9 Å². The van der Waals surface area contributed by atoms with Gasteiger partial charge in [0.1, 0.15) is 18.1 Å². The molecule has 0 atom stereocenters. The number of halogens is 5. The molecule has 2 heterocycles. The maximum absolute atomic E-state index is 13.3. The van der Waals surface area contributed by atoms with E-state index in [1.807, 2.05) is 6.92 Å². The number of aromatic nitrogens is 2. The van der Waals surface area contributed by atoms with E-state index in [4.69, 9.17) is 20.8 Å². The summed E-state index contributed by atoms with van der Waals surface area (Å²) < 4.78 is 77.9. The molecular formula is C27H25BrClF3N4O6S. The van der Waals surface area contributed by atoms with E-state index in [9.17, 15) is 31.2 Å². The molecule has 16 heteroatoms. The normalized spacial score (nSPS) is 12.0. The standard InChI is InChI=1S/C27H25BrClF3N4O6S/c1-3-7-20-34-25(29)24(26(38)33-12-21(37)42-4-2)36(20)13-17-15-10-11-41-14-18(15)23(28)22(17)16-8-5-6-9-19(16)35-43(39,40)27(30,31)32/h5-6,8-11,14,35H,3-4,7,12-13H2,1-2H3,(H,33,38). The van der Waals surface area contributed by atoms with Crippen LogP contribution in [0.3, 0.4) is 0 Å². The molecule has 1 aliphatic carbocycles. The Hall–Kier alpha value is -3.56. The molecular weight excluding hydrogens is 681 g/mol. The van der Waals surface area contributed by atoms with Gasteiger partial charge in [0.05, 0.1) is 31.4 Å². The van der Waals surface area contributed by atoms with Crippen LogP contribution in [0.25, 0.3) is 22.3 Å². The lowest BCUT2D eigenvalue weighted by molar-refractivity contribution is -0.141. The van der Waals surface area contributed by atoms with Crippen LogP contribution < -0.4 is 10.0 Å². The molecule has 2 N–H and O–H groups in total. The number of alkyl halides is 3. The van der Waals surface area contributed by atoms with E-state index in [-0.39, 0.29) is 35.2 Å². The molecule has 230 valence electrons. The number of fused-ring (bicyclic) bond motifs is 1. The van der Waals surface area contributed by atoms with Crippen LogP contribution in [0.5, 0.6) is 0 Å². The van der Waals surface area contributed by atoms with Gasteiger partial charge in [-0.2, -0.15) is 21.6 Å². The first kappa shape index (κ1) is 32.4. The monoisotopic (exact) mass is 704 g/mol. The van der Waals surface area contributed by atoms with Crippen molar-refractivity contribution < 1.29 is 40.3 Å². The van der Waals surface area contributed by atoms with Crippen molar-refractivity contribution in [3.63, 3.8) is 0 Å². The van der Waals surface area contributed by atoms with Gasteiger partial charge >= 0.3 is 21.5 Å². The summed E-state index contributed by atoms with van der Waals surface area (Å²) in [5.41, 5.74) is -3.79. The third-order valence-corrected chi connectivity index (χ3v) is 8.51. The number of nitrogens with one attached hydrogen (secondary N) is 2. The number of para-hydroxylation sites is 1. The first-order valence-corrected chi connectivity index (χ1v) is 15.5. The van der Waals surface area contributed by atoms with Gasteiger partial charge in [-0.05, 0) is 52.5 Å². The molecule has 0 saturated heterocycles. The minimum absolute atomic E-state index is 0.0440. The fourth-order valence-electron chi connectivity index (χ4n) is 4.51. The summed E-state index contributed by atoms with van der Waals surface area (Å²) in [5.74, 6) is -0.906. The summed E-state index contributed by atoms with van der Waals surface area (Å²) in [6.07, 6.45) is 3.88. The molecule has 0 fully saturated rings. The third-order valence-electron chi connectivity index (χ3n) is 6.33. The smallest absolute Gasteiger partial charge is 0.472 e. The number of nitrogens with zero attached hydrogens (tertiary/aromatic N) is 2. The van der Waals surface area contributed by atoms with Crippen LogP contribution in [0.15, 0.2) is 51.7 Å². The van der Waals surface area contributed by atoms with E-state index in [1.165, 1.54) is 30.7 Å². The second-order valence-electron chi connectivity index (χ2n) is 9.14. The largest absolute Gasteiger partial charge is 0.516 e. The molecule has 4 rings (SSSR count). The van der Waals surface area contributed by atoms with Gasteiger partial charge < -0.3 is 19.0 Å². The molecule has 2 aromatic rings. The van der Waals surface area contributed by atoms with Crippen LogP contribution in [0.4, 0.5) is 18.9 Å².